The molecule has 1 fully saturated rings. The molecule has 0 N–H and O–H groups in total. The Morgan fingerprint density at radius 2 is 1.61 bits per heavy atom. The third kappa shape index (κ3) is 5.39. The SMILES string of the molecule is CCOc1cc(C(=O)N2CCN(C)CC2)ccc1OCCOc1ccccc1. The minimum absolute atomic E-state index is 0.0352. The Kier molecular flexibility index (Phi) is 7.14. The summed E-state index contributed by atoms with van der Waals surface area (Å²) in [6.07, 6.45) is 0. The Morgan fingerprint density at radius 3 is 2.32 bits per heavy atom. The topological polar surface area (TPSA) is 51.2 Å². The Hall–Kier alpha value is -2.73. The molecule has 0 radical (unpaired) electrons. The van der Waals surface area contributed by atoms with E-state index in [4.69, 9.17) is 14.2 Å². The van der Waals surface area contributed by atoms with E-state index in [1.54, 1.807) is 18.2 Å². The van der Waals surface area contributed by atoms with Crippen molar-refractivity contribution in [2.75, 3.05) is 53.0 Å². The summed E-state index contributed by atoms with van der Waals surface area (Å²) < 4.78 is 17.2. The molecule has 28 heavy (non-hydrogen) atoms. The average molecular weight is 384 g/mol. The first kappa shape index (κ1) is 20.0. The van der Waals surface area contributed by atoms with Crippen LogP contribution in [0.15, 0.2) is 48.5 Å². The smallest absolute Gasteiger partial charge is 0.254 e. The van der Waals surface area contributed by atoms with Crippen molar-refractivity contribution in [3.05, 3.63) is 54.1 Å². The van der Waals surface area contributed by atoms with Crippen LogP contribution < -0.4 is 14.2 Å². The zero-order chi connectivity index (χ0) is 19.8. The van der Waals surface area contributed by atoms with Crippen LogP contribution in [0.1, 0.15) is 17.3 Å². The fraction of sp³-hybridized carbons (Fsp3) is 0.409. The Morgan fingerprint density at radius 1 is 0.893 bits per heavy atom. The molecule has 2 aromatic rings. The molecule has 0 saturated carbocycles. The molecule has 0 aromatic heterocycles. The highest BCUT2D eigenvalue weighted by Crippen LogP contribution is 2.29. The van der Waals surface area contributed by atoms with Gasteiger partial charge in [-0.3, -0.25) is 4.79 Å². The third-order valence-corrected chi connectivity index (χ3v) is 4.63. The number of rotatable bonds is 8. The van der Waals surface area contributed by atoms with Crippen LogP contribution in [0.3, 0.4) is 0 Å². The minimum atomic E-state index is 0.0352. The molecule has 1 amide bonds. The molecule has 1 aliphatic heterocycles. The van der Waals surface area contributed by atoms with Crippen molar-refractivity contribution in [2.24, 2.45) is 0 Å². The molecule has 1 saturated heterocycles. The van der Waals surface area contributed by atoms with Crippen molar-refractivity contribution in [3.8, 4) is 17.2 Å². The van der Waals surface area contributed by atoms with E-state index >= 15 is 0 Å². The van der Waals surface area contributed by atoms with Gasteiger partial charge in [-0.25, -0.2) is 0 Å². The molecule has 0 bridgehead atoms. The van der Waals surface area contributed by atoms with E-state index < -0.39 is 0 Å². The van der Waals surface area contributed by atoms with E-state index in [0.29, 0.717) is 36.9 Å². The van der Waals surface area contributed by atoms with Crippen LogP contribution in [-0.2, 0) is 0 Å². The van der Waals surface area contributed by atoms with E-state index in [-0.39, 0.29) is 5.91 Å². The third-order valence-electron chi connectivity index (χ3n) is 4.63. The number of ether oxygens (including phenoxy) is 3. The van der Waals surface area contributed by atoms with Crippen molar-refractivity contribution >= 4 is 5.91 Å². The minimum Gasteiger partial charge on any atom is -0.490 e. The van der Waals surface area contributed by atoms with Crippen molar-refractivity contribution in [1.82, 2.24) is 9.80 Å². The maximum absolute atomic E-state index is 12.8. The molecule has 2 aromatic carbocycles. The van der Waals surface area contributed by atoms with E-state index in [0.717, 1.165) is 31.9 Å². The van der Waals surface area contributed by atoms with Crippen molar-refractivity contribution in [2.45, 2.75) is 6.92 Å². The summed E-state index contributed by atoms with van der Waals surface area (Å²) in [6.45, 7) is 6.51. The predicted molar refractivity (Wildman–Crippen MR) is 108 cm³/mol. The number of carbonyl (C=O) groups excluding carboxylic acids is 1. The summed E-state index contributed by atoms with van der Waals surface area (Å²) in [5.74, 6) is 2.05. The molecule has 3 rings (SSSR count). The van der Waals surface area contributed by atoms with E-state index in [1.165, 1.54) is 0 Å². The quantitative estimate of drug-likeness (QED) is 0.655. The highest BCUT2D eigenvalue weighted by atomic mass is 16.5. The molecule has 1 heterocycles. The highest BCUT2D eigenvalue weighted by molar-refractivity contribution is 5.95. The maximum Gasteiger partial charge on any atom is 0.254 e. The van der Waals surface area contributed by atoms with Crippen LogP contribution in [0.2, 0.25) is 0 Å². The van der Waals surface area contributed by atoms with Gasteiger partial charge in [0.15, 0.2) is 11.5 Å². The van der Waals surface area contributed by atoms with Gasteiger partial charge in [0.05, 0.1) is 6.61 Å². The summed E-state index contributed by atoms with van der Waals surface area (Å²) in [7, 11) is 2.07. The Balaban J connectivity index is 1.59. The van der Waals surface area contributed by atoms with Gasteiger partial charge in [0.25, 0.3) is 5.91 Å². The second-order valence-corrected chi connectivity index (χ2v) is 6.70. The number of hydrogen-bond acceptors (Lipinski definition) is 5. The lowest BCUT2D eigenvalue weighted by atomic mass is 10.1. The lowest BCUT2D eigenvalue weighted by Gasteiger charge is -2.32. The van der Waals surface area contributed by atoms with Crippen molar-refractivity contribution < 1.29 is 19.0 Å². The molecule has 0 spiro atoms. The second kappa shape index (κ2) is 9.99. The fourth-order valence-corrected chi connectivity index (χ4v) is 3.05. The summed E-state index contributed by atoms with van der Waals surface area (Å²) >= 11 is 0. The zero-order valence-corrected chi connectivity index (χ0v) is 16.6. The monoisotopic (exact) mass is 384 g/mol. The lowest BCUT2D eigenvalue weighted by molar-refractivity contribution is 0.0663. The number of carbonyl (C=O) groups is 1. The molecule has 150 valence electrons. The fourth-order valence-electron chi connectivity index (χ4n) is 3.05. The number of likely N-dealkylation sites (N-methyl/N-ethyl adjacent to an activating group) is 1. The number of benzene rings is 2. The highest BCUT2D eigenvalue weighted by Gasteiger charge is 2.21. The molecule has 6 heteroatoms. The predicted octanol–water partition coefficient (Wildman–Crippen LogP) is 2.93. The molecule has 0 unspecified atom stereocenters. The van der Waals surface area contributed by atoms with E-state index in [1.807, 2.05) is 42.2 Å². The molecular weight excluding hydrogens is 356 g/mol. The lowest BCUT2D eigenvalue weighted by Crippen LogP contribution is -2.47. The molecule has 0 aliphatic carbocycles. The average Bonchev–Trinajstić information content (AvgIpc) is 2.73. The largest absolute Gasteiger partial charge is 0.490 e. The first-order chi connectivity index (χ1) is 13.7. The summed E-state index contributed by atoms with van der Waals surface area (Å²) in [6, 6.07) is 15.0. The summed E-state index contributed by atoms with van der Waals surface area (Å²) in [5, 5.41) is 0. The summed E-state index contributed by atoms with van der Waals surface area (Å²) in [4.78, 5) is 16.9. The van der Waals surface area contributed by atoms with Gasteiger partial charge < -0.3 is 24.0 Å². The molecule has 1 aliphatic rings. The van der Waals surface area contributed by atoms with Gasteiger partial charge in [0.1, 0.15) is 19.0 Å². The normalized spacial score (nSPS) is 14.6. The first-order valence-electron chi connectivity index (χ1n) is 9.72. The summed E-state index contributed by atoms with van der Waals surface area (Å²) in [5.41, 5.74) is 0.626. The number of amides is 1. The second-order valence-electron chi connectivity index (χ2n) is 6.70. The first-order valence-corrected chi connectivity index (χ1v) is 9.72. The van der Waals surface area contributed by atoms with Gasteiger partial charge in [-0.2, -0.15) is 0 Å². The number of nitrogens with zero attached hydrogens (tertiary/aromatic N) is 2. The van der Waals surface area contributed by atoms with Gasteiger partial charge in [-0.1, -0.05) is 18.2 Å². The van der Waals surface area contributed by atoms with Gasteiger partial charge in [0.2, 0.25) is 0 Å². The van der Waals surface area contributed by atoms with Crippen LogP contribution in [0, 0.1) is 0 Å². The van der Waals surface area contributed by atoms with E-state index in [2.05, 4.69) is 11.9 Å². The van der Waals surface area contributed by atoms with Crippen LogP contribution in [0.25, 0.3) is 0 Å². The van der Waals surface area contributed by atoms with Crippen LogP contribution in [0.5, 0.6) is 17.2 Å². The Bertz CT molecular complexity index is 758. The molecule has 0 atom stereocenters. The van der Waals surface area contributed by atoms with Crippen molar-refractivity contribution in [3.63, 3.8) is 0 Å². The molecule has 6 nitrogen and oxygen atoms in total. The van der Waals surface area contributed by atoms with E-state index in [9.17, 15) is 4.79 Å². The number of piperazine rings is 1. The van der Waals surface area contributed by atoms with Crippen LogP contribution in [-0.4, -0.2) is 68.8 Å². The van der Waals surface area contributed by atoms with Gasteiger partial charge in [0, 0.05) is 31.7 Å². The molecular formula is C22H28N2O4. The van der Waals surface area contributed by atoms with Crippen molar-refractivity contribution in [1.29, 1.82) is 0 Å². The van der Waals surface area contributed by atoms with Gasteiger partial charge >= 0.3 is 0 Å². The standard InChI is InChI=1S/C22H28N2O4/c1-3-26-21-17-18(22(25)24-13-11-23(2)12-14-24)9-10-20(21)28-16-15-27-19-7-5-4-6-8-19/h4-10,17H,3,11-16H2,1-2H3. The van der Waals surface area contributed by atoms with Gasteiger partial charge in [-0.15, -0.1) is 0 Å². The number of para-hydroxylation sites is 1. The Labute approximate surface area is 166 Å². The van der Waals surface area contributed by atoms with Crippen LogP contribution in [0.4, 0.5) is 0 Å². The zero-order valence-electron chi connectivity index (χ0n) is 16.6. The number of hydrogen-bond donors (Lipinski definition) is 0. The maximum atomic E-state index is 12.8. The van der Waals surface area contributed by atoms with Crippen LogP contribution >= 0.6 is 0 Å². The van der Waals surface area contributed by atoms with Gasteiger partial charge in [-0.05, 0) is 44.3 Å².